The fraction of sp³-hybridized carbons (Fsp3) is 0.650. The highest BCUT2D eigenvalue weighted by molar-refractivity contribution is 5.78. The van der Waals surface area contributed by atoms with Crippen molar-refractivity contribution in [2.24, 2.45) is 5.92 Å². The predicted molar refractivity (Wildman–Crippen MR) is 98.5 cm³/mol. The van der Waals surface area contributed by atoms with Crippen LogP contribution in [0.1, 0.15) is 51.5 Å². The Balaban J connectivity index is 0.000000245. The Morgan fingerprint density at radius 3 is 2.29 bits per heavy atom. The number of piperazine rings is 1. The van der Waals surface area contributed by atoms with Crippen molar-refractivity contribution in [3.63, 3.8) is 0 Å². The molecule has 1 saturated carbocycles. The molecule has 2 fully saturated rings. The molecule has 3 rings (SSSR count). The second-order valence-corrected chi connectivity index (χ2v) is 6.38. The van der Waals surface area contributed by atoms with Crippen LogP contribution < -0.4 is 5.32 Å². The Hall–Kier alpha value is -1.42. The molecular formula is C20H33FN2O. The minimum Gasteiger partial charge on any atom is -0.354 e. The molecule has 1 heterocycles. The van der Waals surface area contributed by atoms with Gasteiger partial charge in [-0.3, -0.25) is 9.69 Å². The average molecular weight is 336 g/mol. The maximum atomic E-state index is 12.1. The molecular weight excluding hydrogens is 303 g/mol. The van der Waals surface area contributed by atoms with E-state index in [1.807, 2.05) is 20.8 Å². The summed E-state index contributed by atoms with van der Waals surface area (Å²) in [7, 11) is 0. The zero-order valence-corrected chi connectivity index (χ0v) is 15.5. The maximum absolute atomic E-state index is 12.1. The third-order valence-electron chi connectivity index (χ3n) is 4.37. The Bertz CT molecular complexity index is 434. The third-order valence-corrected chi connectivity index (χ3v) is 4.37. The number of aryl methyl sites for hydroxylation is 1. The van der Waals surface area contributed by atoms with Crippen LogP contribution in [-0.2, 0) is 4.79 Å². The van der Waals surface area contributed by atoms with Gasteiger partial charge in [0.2, 0.25) is 5.91 Å². The zero-order chi connectivity index (χ0) is 17.8. The number of benzene rings is 1. The molecule has 1 amide bonds. The van der Waals surface area contributed by atoms with E-state index >= 15 is 0 Å². The fourth-order valence-corrected chi connectivity index (χ4v) is 3.12. The molecule has 0 radical (unpaired) electrons. The van der Waals surface area contributed by atoms with Gasteiger partial charge < -0.3 is 5.32 Å². The van der Waals surface area contributed by atoms with Crippen molar-refractivity contribution in [1.29, 1.82) is 0 Å². The predicted octanol–water partition coefficient (Wildman–Crippen LogP) is 4.16. The van der Waals surface area contributed by atoms with Crippen molar-refractivity contribution in [2.45, 2.75) is 52.9 Å². The standard InChI is InChI=1S/C11H20N2O.C7H7F.C2H6/c14-11-9-13(7-6-12-11)8-10-4-2-1-3-5-10;1-6-2-4-7(8)5-3-6;1-2/h10H,1-9H2,(H,12,14);2-5H,1H3;1-2H3. The quantitative estimate of drug-likeness (QED) is 0.879. The maximum Gasteiger partial charge on any atom is 0.234 e. The van der Waals surface area contributed by atoms with E-state index in [2.05, 4.69) is 10.2 Å². The summed E-state index contributed by atoms with van der Waals surface area (Å²) in [4.78, 5) is 13.5. The first kappa shape index (κ1) is 20.6. The number of carbonyl (C=O) groups is 1. The molecule has 1 aromatic carbocycles. The lowest BCUT2D eigenvalue weighted by molar-refractivity contribution is -0.124. The number of amides is 1. The van der Waals surface area contributed by atoms with E-state index in [0.717, 1.165) is 31.1 Å². The number of rotatable bonds is 2. The summed E-state index contributed by atoms with van der Waals surface area (Å²) in [5, 5.41) is 2.87. The van der Waals surface area contributed by atoms with Crippen LogP contribution in [0.2, 0.25) is 0 Å². The second-order valence-electron chi connectivity index (χ2n) is 6.38. The van der Waals surface area contributed by atoms with Gasteiger partial charge in [0.25, 0.3) is 0 Å². The van der Waals surface area contributed by atoms with E-state index in [9.17, 15) is 9.18 Å². The molecule has 1 aliphatic carbocycles. The van der Waals surface area contributed by atoms with Crippen LogP contribution in [0.4, 0.5) is 4.39 Å². The highest BCUT2D eigenvalue weighted by Crippen LogP contribution is 2.24. The molecule has 2 aliphatic rings. The summed E-state index contributed by atoms with van der Waals surface area (Å²) in [5.74, 6) is 0.886. The molecule has 0 unspecified atom stereocenters. The van der Waals surface area contributed by atoms with Crippen molar-refractivity contribution in [3.8, 4) is 0 Å². The Morgan fingerprint density at radius 2 is 1.75 bits per heavy atom. The topological polar surface area (TPSA) is 32.3 Å². The molecule has 24 heavy (non-hydrogen) atoms. The van der Waals surface area contributed by atoms with Gasteiger partial charge in [-0.25, -0.2) is 4.39 Å². The van der Waals surface area contributed by atoms with Crippen LogP contribution in [0.5, 0.6) is 0 Å². The molecule has 1 N–H and O–H groups in total. The van der Waals surface area contributed by atoms with Crippen molar-refractivity contribution < 1.29 is 9.18 Å². The lowest BCUT2D eigenvalue weighted by atomic mass is 9.89. The molecule has 1 aromatic rings. The highest BCUT2D eigenvalue weighted by Gasteiger charge is 2.21. The number of nitrogens with zero attached hydrogens (tertiary/aromatic N) is 1. The minimum absolute atomic E-state index is 0.171. The molecule has 0 spiro atoms. The summed E-state index contributed by atoms with van der Waals surface area (Å²) in [6.07, 6.45) is 6.95. The van der Waals surface area contributed by atoms with Crippen LogP contribution in [0.3, 0.4) is 0 Å². The van der Waals surface area contributed by atoms with Gasteiger partial charge in [0.05, 0.1) is 6.54 Å². The lowest BCUT2D eigenvalue weighted by Crippen LogP contribution is -2.49. The largest absolute Gasteiger partial charge is 0.354 e. The van der Waals surface area contributed by atoms with Crippen LogP contribution >= 0.6 is 0 Å². The van der Waals surface area contributed by atoms with E-state index in [1.165, 1.54) is 44.2 Å². The zero-order valence-electron chi connectivity index (χ0n) is 15.5. The average Bonchev–Trinajstić information content (AvgIpc) is 2.61. The lowest BCUT2D eigenvalue weighted by Gasteiger charge is -2.31. The molecule has 1 aliphatic heterocycles. The molecule has 4 heteroatoms. The van der Waals surface area contributed by atoms with Crippen molar-refractivity contribution >= 4 is 5.91 Å². The van der Waals surface area contributed by atoms with Crippen LogP contribution in [0.15, 0.2) is 24.3 Å². The smallest absolute Gasteiger partial charge is 0.234 e. The molecule has 0 atom stereocenters. The molecule has 0 bridgehead atoms. The van der Waals surface area contributed by atoms with Crippen LogP contribution in [-0.4, -0.2) is 37.0 Å². The van der Waals surface area contributed by atoms with Gasteiger partial charge in [-0.1, -0.05) is 50.8 Å². The van der Waals surface area contributed by atoms with Crippen LogP contribution in [0, 0.1) is 18.7 Å². The summed E-state index contributed by atoms with van der Waals surface area (Å²) in [6, 6.07) is 6.40. The van der Waals surface area contributed by atoms with Gasteiger partial charge in [0, 0.05) is 19.6 Å². The first-order valence-electron chi connectivity index (χ1n) is 9.35. The Kier molecular flexibility index (Phi) is 10.3. The van der Waals surface area contributed by atoms with E-state index in [-0.39, 0.29) is 11.7 Å². The van der Waals surface area contributed by atoms with E-state index in [1.54, 1.807) is 12.1 Å². The summed E-state index contributed by atoms with van der Waals surface area (Å²) in [6.45, 7) is 9.58. The number of hydrogen-bond acceptors (Lipinski definition) is 2. The van der Waals surface area contributed by atoms with Crippen molar-refractivity contribution in [1.82, 2.24) is 10.2 Å². The van der Waals surface area contributed by atoms with Gasteiger partial charge in [0.15, 0.2) is 0 Å². The van der Waals surface area contributed by atoms with E-state index < -0.39 is 0 Å². The van der Waals surface area contributed by atoms with Gasteiger partial charge in [-0.2, -0.15) is 0 Å². The van der Waals surface area contributed by atoms with Crippen LogP contribution in [0.25, 0.3) is 0 Å². The van der Waals surface area contributed by atoms with Gasteiger partial charge >= 0.3 is 0 Å². The number of nitrogens with one attached hydrogen (secondary N) is 1. The number of carbonyl (C=O) groups excluding carboxylic acids is 1. The Labute approximate surface area is 146 Å². The first-order chi connectivity index (χ1) is 11.6. The van der Waals surface area contributed by atoms with Crippen molar-refractivity contribution in [3.05, 3.63) is 35.6 Å². The summed E-state index contributed by atoms with van der Waals surface area (Å²) in [5.41, 5.74) is 1.09. The van der Waals surface area contributed by atoms with E-state index in [0.29, 0.717) is 6.54 Å². The Morgan fingerprint density at radius 1 is 1.12 bits per heavy atom. The molecule has 1 saturated heterocycles. The molecule has 136 valence electrons. The SMILES string of the molecule is CC.Cc1ccc(F)cc1.O=C1CN(CC2CCCCC2)CCN1. The van der Waals surface area contributed by atoms with Gasteiger partial charge in [-0.15, -0.1) is 0 Å². The van der Waals surface area contributed by atoms with E-state index in [4.69, 9.17) is 0 Å². The third kappa shape index (κ3) is 8.44. The summed E-state index contributed by atoms with van der Waals surface area (Å²) >= 11 is 0. The summed E-state index contributed by atoms with van der Waals surface area (Å²) < 4.78 is 12.1. The van der Waals surface area contributed by atoms with Crippen molar-refractivity contribution in [2.75, 3.05) is 26.2 Å². The number of halogens is 1. The monoisotopic (exact) mass is 336 g/mol. The van der Waals surface area contributed by atoms with Gasteiger partial charge in [-0.05, 0) is 37.8 Å². The molecule has 0 aromatic heterocycles. The second kappa shape index (κ2) is 12.0. The number of hydrogen-bond donors (Lipinski definition) is 1. The normalized spacial score (nSPS) is 18.6. The molecule has 3 nitrogen and oxygen atoms in total. The fourth-order valence-electron chi connectivity index (χ4n) is 3.12. The van der Waals surface area contributed by atoms with Gasteiger partial charge in [0.1, 0.15) is 5.82 Å². The minimum atomic E-state index is -0.171. The first-order valence-corrected chi connectivity index (χ1v) is 9.35. The highest BCUT2D eigenvalue weighted by atomic mass is 19.1.